The van der Waals surface area contributed by atoms with Gasteiger partial charge in [-0.05, 0) is 69.3 Å². The monoisotopic (exact) mass is 521 g/mol. The molecule has 3 heteroatoms. The molecule has 1 aliphatic carbocycles. The fourth-order valence-electron chi connectivity index (χ4n) is 6.75. The van der Waals surface area contributed by atoms with Crippen LogP contribution in [0.15, 0.2) is 140 Å². The van der Waals surface area contributed by atoms with Gasteiger partial charge >= 0.3 is 0 Å². The van der Waals surface area contributed by atoms with Gasteiger partial charge in [0.1, 0.15) is 0 Å². The van der Waals surface area contributed by atoms with E-state index in [1.807, 2.05) is 0 Å². The second kappa shape index (κ2) is 8.48. The summed E-state index contributed by atoms with van der Waals surface area (Å²) in [6.45, 7) is 0. The van der Waals surface area contributed by atoms with Gasteiger partial charge in [0, 0.05) is 34.4 Å². The number of hydrogen-bond acceptors (Lipinski definition) is 2. The van der Waals surface area contributed by atoms with E-state index in [1.165, 1.54) is 55.2 Å². The Morgan fingerprint density at radius 3 is 1.59 bits per heavy atom. The van der Waals surface area contributed by atoms with Gasteiger partial charge < -0.3 is 4.57 Å². The number of fused-ring (bicyclic) bond motifs is 13. The molecule has 2 heterocycles. The molecule has 0 atom stereocenters. The first-order chi connectivity index (χ1) is 20.4. The molecule has 0 saturated carbocycles. The predicted octanol–water partition coefficient (Wildman–Crippen LogP) is 9.71. The van der Waals surface area contributed by atoms with E-state index in [4.69, 9.17) is 9.97 Å². The molecular weight excluding hydrogens is 498 g/mol. The van der Waals surface area contributed by atoms with Crippen molar-refractivity contribution in [1.82, 2.24) is 14.5 Å². The highest BCUT2D eigenvalue weighted by Gasteiger charge is 2.25. The molecule has 0 unspecified atom stereocenters. The molecule has 0 saturated heterocycles. The third-order valence-electron chi connectivity index (χ3n) is 8.48. The Kier molecular flexibility index (Phi) is 4.61. The van der Waals surface area contributed by atoms with Crippen molar-refractivity contribution in [2.75, 3.05) is 0 Å². The van der Waals surface area contributed by atoms with Crippen LogP contribution in [0.1, 0.15) is 0 Å². The molecule has 9 rings (SSSR count). The van der Waals surface area contributed by atoms with Crippen molar-refractivity contribution < 1.29 is 0 Å². The maximum Gasteiger partial charge on any atom is 0.0971 e. The van der Waals surface area contributed by atoms with Crippen molar-refractivity contribution in [2.24, 2.45) is 0 Å². The smallest absolute Gasteiger partial charge is 0.0971 e. The molecular formula is C38H23N3. The average Bonchev–Trinajstić information content (AvgIpc) is 3.38. The van der Waals surface area contributed by atoms with Crippen molar-refractivity contribution in [2.45, 2.75) is 0 Å². The van der Waals surface area contributed by atoms with E-state index >= 15 is 0 Å². The molecule has 0 fully saturated rings. The van der Waals surface area contributed by atoms with Crippen molar-refractivity contribution >= 4 is 32.8 Å². The van der Waals surface area contributed by atoms with E-state index < -0.39 is 0 Å². The molecule has 190 valence electrons. The average molecular weight is 522 g/mol. The third-order valence-corrected chi connectivity index (χ3v) is 8.48. The lowest BCUT2D eigenvalue weighted by molar-refractivity contribution is 1.18. The summed E-state index contributed by atoms with van der Waals surface area (Å²) in [6.07, 6.45) is 3.58. The number of rotatable bonds is 1. The van der Waals surface area contributed by atoms with Gasteiger partial charge in [-0.3, -0.25) is 9.97 Å². The molecule has 41 heavy (non-hydrogen) atoms. The highest BCUT2D eigenvalue weighted by molar-refractivity contribution is 6.12. The predicted molar refractivity (Wildman–Crippen MR) is 169 cm³/mol. The van der Waals surface area contributed by atoms with Crippen LogP contribution in [0.25, 0.3) is 83.0 Å². The Morgan fingerprint density at radius 2 is 0.927 bits per heavy atom. The Morgan fingerprint density at radius 1 is 0.415 bits per heavy atom. The first-order valence-corrected chi connectivity index (χ1v) is 13.9. The molecule has 0 radical (unpaired) electrons. The van der Waals surface area contributed by atoms with Gasteiger partial charge in [0.05, 0.1) is 22.1 Å². The SMILES string of the molecule is c1ccc2c(c1)-c1ccccc1-c1ccc3nccnc3c1-c1cc(-n3c4ccccc4c4ccccc43)ccc1-2. The Hall–Kier alpha value is -5.54. The Balaban J connectivity index is 1.46. The fraction of sp³-hybridized carbons (Fsp3) is 0. The minimum Gasteiger partial charge on any atom is -0.309 e. The maximum absolute atomic E-state index is 4.92. The molecule has 8 aromatic rings. The van der Waals surface area contributed by atoms with Crippen LogP contribution in [0.5, 0.6) is 0 Å². The molecule has 3 nitrogen and oxygen atoms in total. The lowest BCUT2D eigenvalue weighted by atomic mass is 9.80. The van der Waals surface area contributed by atoms with Crippen molar-refractivity contribution in [3.8, 4) is 50.2 Å². The zero-order valence-corrected chi connectivity index (χ0v) is 22.1. The molecule has 0 N–H and O–H groups in total. The maximum atomic E-state index is 4.92. The molecule has 0 spiro atoms. The summed E-state index contributed by atoms with van der Waals surface area (Å²) in [6, 6.07) is 46.0. The molecule has 0 amide bonds. The first-order valence-electron chi connectivity index (χ1n) is 13.9. The van der Waals surface area contributed by atoms with Gasteiger partial charge in [0.25, 0.3) is 0 Å². The van der Waals surface area contributed by atoms with E-state index in [0.717, 1.165) is 27.8 Å². The number of para-hydroxylation sites is 2. The van der Waals surface area contributed by atoms with Crippen LogP contribution in [-0.2, 0) is 0 Å². The number of aromatic nitrogens is 3. The van der Waals surface area contributed by atoms with Crippen LogP contribution in [0.4, 0.5) is 0 Å². The van der Waals surface area contributed by atoms with E-state index in [9.17, 15) is 0 Å². The summed E-state index contributed by atoms with van der Waals surface area (Å²) in [7, 11) is 0. The van der Waals surface area contributed by atoms with E-state index in [-0.39, 0.29) is 0 Å². The molecule has 0 bridgehead atoms. The van der Waals surface area contributed by atoms with Crippen LogP contribution >= 0.6 is 0 Å². The zero-order valence-electron chi connectivity index (χ0n) is 22.1. The summed E-state index contributed by atoms with van der Waals surface area (Å²) in [5.41, 5.74) is 14.9. The van der Waals surface area contributed by atoms with Gasteiger partial charge in [0.15, 0.2) is 0 Å². The summed E-state index contributed by atoms with van der Waals surface area (Å²) in [4.78, 5) is 9.62. The van der Waals surface area contributed by atoms with Gasteiger partial charge in [-0.25, -0.2) is 0 Å². The molecule has 1 aliphatic rings. The minimum absolute atomic E-state index is 0.894. The van der Waals surface area contributed by atoms with Gasteiger partial charge in [0.2, 0.25) is 0 Å². The second-order valence-electron chi connectivity index (χ2n) is 10.6. The Bertz CT molecular complexity index is 2270. The van der Waals surface area contributed by atoms with E-state index in [2.05, 4.69) is 132 Å². The topological polar surface area (TPSA) is 30.7 Å². The van der Waals surface area contributed by atoms with Crippen molar-refractivity contribution in [1.29, 1.82) is 0 Å². The number of hydrogen-bond donors (Lipinski definition) is 0. The lowest BCUT2D eigenvalue weighted by Gasteiger charge is -2.24. The van der Waals surface area contributed by atoms with E-state index in [1.54, 1.807) is 12.4 Å². The number of nitrogens with zero attached hydrogens (tertiary/aromatic N) is 3. The summed E-state index contributed by atoms with van der Waals surface area (Å²) in [5, 5.41) is 2.51. The van der Waals surface area contributed by atoms with Crippen LogP contribution in [0.2, 0.25) is 0 Å². The summed E-state index contributed by atoms with van der Waals surface area (Å²) in [5.74, 6) is 0. The second-order valence-corrected chi connectivity index (χ2v) is 10.6. The lowest BCUT2D eigenvalue weighted by Crippen LogP contribution is -2.01. The molecule has 2 aromatic heterocycles. The Labute approximate surface area is 237 Å². The van der Waals surface area contributed by atoms with Crippen LogP contribution in [0.3, 0.4) is 0 Å². The standard InChI is InChI=1S/C38H23N3/c1-2-11-27-25(9-1)26-10-3-4-12-28(26)32-19-20-34-38(40-22-21-39-34)37(32)33-23-24(17-18-29(27)33)41-35-15-7-5-13-30(35)31-14-6-8-16-36(31)41/h1-23H. The minimum atomic E-state index is 0.894. The van der Waals surface area contributed by atoms with Gasteiger partial charge in [-0.1, -0.05) is 97.1 Å². The fourth-order valence-corrected chi connectivity index (χ4v) is 6.75. The quantitative estimate of drug-likeness (QED) is 0.215. The highest BCUT2D eigenvalue weighted by atomic mass is 15.0. The number of benzene rings is 6. The summed E-state index contributed by atoms with van der Waals surface area (Å²) >= 11 is 0. The van der Waals surface area contributed by atoms with Crippen molar-refractivity contribution in [3.63, 3.8) is 0 Å². The first kappa shape index (κ1) is 22.3. The van der Waals surface area contributed by atoms with Crippen molar-refractivity contribution in [3.05, 3.63) is 140 Å². The summed E-state index contributed by atoms with van der Waals surface area (Å²) < 4.78 is 2.39. The van der Waals surface area contributed by atoms with E-state index in [0.29, 0.717) is 0 Å². The third kappa shape index (κ3) is 3.14. The van der Waals surface area contributed by atoms with Crippen LogP contribution in [0, 0.1) is 0 Å². The van der Waals surface area contributed by atoms with Crippen LogP contribution in [-0.4, -0.2) is 14.5 Å². The molecule has 6 aromatic carbocycles. The normalized spacial score (nSPS) is 11.9. The van der Waals surface area contributed by atoms with Gasteiger partial charge in [-0.15, -0.1) is 0 Å². The zero-order chi connectivity index (χ0) is 26.9. The van der Waals surface area contributed by atoms with Crippen LogP contribution < -0.4 is 0 Å². The molecule has 0 aliphatic heterocycles. The largest absolute Gasteiger partial charge is 0.309 e. The van der Waals surface area contributed by atoms with Gasteiger partial charge in [-0.2, -0.15) is 0 Å². The highest BCUT2D eigenvalue weighted by Crippen LogP contribution is 2.50.